The minimum absolute atomic E-state index is 0.796. The number of halogens is 1. The molecule has 0 fully saturated rings. The second kappa shape index (κ2) is 6.60. The molecule has 0 aliphatic rings. The smallest absolute Gasteiger partial charge is 0.0409 e. The minimum Gasteiger partial charge on any atom is -0.399 e. The van der Waals surface area contributed by atoms with Crippen LogP contribution in [0.5, 0.6) is 0 Å². The van der Waals surface area contributed by atoms with Gasteiger partial charge in [-0.2, -0.15) is 0 Å². The summed E-state index contributed by atoms with van der Waals surface area (Å²) in [4.78, 5) is 2.29. The fourth-order valence-corrected chi connectivity index (χ4v) is 2.24. The van der Waals surface area contributed by atoms with Crippen molar-refractivity contribution in [3.63, 3.8) is 0 Å². The summed E-state index contributed by atoms with van der Waals surface area (Å²) in [6.07, 6.45) is 1.03. The van der Waals surface area contributed by atoms with Crippen molar-refractivity contribution in [1.29, 1.82) is 0 Å². The van der Waals surface area contributed by atoms with Crippen molar-refractivity contribution >= 4 is 17.3 Å². The van der Waals surface area contributed by atoms with Gasteiger partial charge in [-0.15, -0.1) is 0 Å². The van der Waals surface area contributed by atoms with E-state index in [0.717, 1.165) is 30.2 Å². The summed E-state index contributed by atoms with van der Waals surface area (Å²) in [5, 5.41) is 0.796. The van der Waals surface area contributed by atoms with E-state index in [1.807, 2.05) is 30.3 Å². The largest absolute Gasteiger partial charge is 0.399 e. The van der Waals surface area contributed by atoms with Crippen LogP contribution >= 0.6 is 11.6 Å². The molecule has 2 N–H and O–H groups in total. The molecule has 0 atom stereocenters. The predicted molar refractivity (Wildman–Crippen MR) is 82.3 cm³/mol. The quantitative estimate of drug-likeness (QED) is 0.844. The molecule has 0 aliphatic carbocycles. The molecule has 0 heterocycles. The highest BCUT2D eigenvalue weighted by molar-refractivity contribution is 6.30. The van der Waals surface area contributed by atoms with Gasteiger partial charge in [0.2, 0.25) is 0 Å². The maximum absolute atomic E-state index is 5.99. The van der Waals surface area contributed by atoms with Crippen LogP contribution in [-0.2, 0) is 13.0 Å². The first-order valence-electron chi connectivity index (χ1n) is 6.41. The zero-order valence-electron chi connectivity index (χ0n) is 11.1. The van der Waals surface area contributed by atoms with Gasteiger partial charge in [0.1, 0.15) is 0 Å². The second-order valence-electron chi connectivity index (χ2n) is 4.86. The summed E-state index contributed by atoms with van der Waals surface area (Å²) in [5.74, 6) is 0. The van der Waals surface area contributed by atoms with E-state index in [-0.39, 0.29) is 0 Å². The van der Waals surface area contributed by atoms with Crippen LogP contribution in [0, 0.1) is 0 Å². The highest BCUT2D eigenvalue weighted by Gasteiger charge is 2.02. The van der Waals surface area contributed by atoms with Gasteiger partial charge in [-0.05, 0) is 48.9 Å². The van der Waals surface area contributed by atoms with E-state index in [1.165, 1.54) is 11.1 Å². The Morgan fingerprint density at radius 1 is 1.05 bits per heavy atom. The molecule has 0 bridgehead atoms. The molecule has 0 amide bonds. The van der Waals surface area contributed by atoms with Crippen molar-refractivity contribution in [2.24, 2.45) is 0 Å². The van der Waals surface area contributed by atoms with Gasteiger partial charge >= 0.3 is 0 Å². The average Bonchev–Trinajstić information content (AvgIpc) is 2.38. The Hall–Kier alpha value is -1.51. The molecule has 3 heteroatoms. The van der Waals surface area contributed by atoms with Crippen LogP contribution in [0.25, 0.3) is 0 Å². The van der Waals surface area contributed by atoms with E-state index in [9.17, 15) is 0 Å². The highest BCUT2D eigenvalue weighted by atomic mass is 35.5. The molecule has 2 nitrogen and oxygen atoms in total. The zero-order valence-corrected chi connectivity index (χ0v) is 11.9. The normalized spacial score (nSPS) is 10.9. The van der Waals surface area contributed by atoms with Crippen molar-refractivity contribution in [2.45, 2.75) is 13.0 Å². The van der Waals surface area contributed by atoms with E-state index in [1.54, 1.807) is 0 Å². The average molecular weight is 275 g/mol. The van der Waals surface area contributed by atoms with Gasteiger partial charge in [0.05, 0.1) is 0 Å². The van der Waals surface area contributed by atoms with E-state index >= 15 is 0 Å². The summed E-state index contributed by atoms with van der Waals surface area (Å²) < 4.78 is 0. The van der Waals surface area contributed by atoms with Gasteiger partial charge in [-0.1, -0.05) is 35.9 Å². The fourth-order valence-electron chi connectivity index (χ4n) is 2.03. The number of hydrogen-bond acceptors (Lipinski definition) is 2. The molecule has 0 unspecified atom stereocenters. The van der Waals surface area contributed by atoms with Gasteiger partial charge in [-0.3, -0.25) is 0 Å². The topological polar surface area (TPSA) is 29.3 Å². The molecule has 0 saturated heterocycles. The summed E-state index contributed by atoms with van der Waals surface area (Å²) in [6, 6.07) is 16.1. The Balaban J connectivity index is 1.84. The molecule has 100 valence electrons. The van der Waals surface area contributed by atoms with E-state index in [4.69, 9.17) is 17.3 Å². The van der Waals surface area contributed by atoms with Crippen LogP contribution in [0.3, 0.4) is 0 Å². The Labute approximate surface area is 119 Å². The molecule has 0 saturated carbocycles. The number of nitrogens with zero attached hydrogens (tertiary/aromatic N) is 1. The fraction of sp³-hybridized carbons (Fsp3) is 0.250. The Morgan fingerprint density at radius 3 is 2.47 bits per heavy atom. The number of likely N-dealkylation sites (N-methyl/N-ethyl adjacent to an activating group) is 1. The van der Waals surface area contributed by atoms with Crippen LogP contribution in [0.4, 0.5) is 5.69 Å². The lowest BCUT2D eigenvalue weighted by atomic mass is 10.1. The molecular weight excluding hydrogens is 256 g/mol. The summed E-state index contributed by atoms with van der Waals surface area (Å²) >= 11 is 5.99. The monoisotopic (exact) mass is 274 g/mol. The lowest BCUT2D eigenvalue weighted by molar-refractivity contribution is 0.331. The Kier molecular flexibility index (Phi) is 4.83. The summed E-state index contributed by atoms with van der Waals surface area (Å²) in [6.45, 7) is 1.92. The zero-order chi connectivity index (χ0) is 13.7. The first kappa shape index (κ1) is 13.9. The van der Waals surface area contributed by atoms with Crippen LogP contribution in [0.2, 0.25) is 5.02 Å². The lowest BCUT2D eigenvalue weighted by Gasteiger charge is -2.16. The van der Waals surface area contributed by atoms with Crippen LogP contribution < -0.4 is 5.73 Å². The van der Waals surface area contributed by atoms with Crippen molar-refractivity contribution in [3.05, 3.63) is 64.7 Å². The van der Waals surface area contributed by atoms with Crippen molar-refractivity contribution < 1.29 is 0 Å². The molecular formula is C16H19ClN2. The Bertz CT molecular complexity index is 523. The minimum atomic E-state index is 0.796. The van der Waals surface area contributed by atoms with Gasteiger partial charge in [0.25, 0.3) is 0 Å². The molecule has 2 rings (SSSR count). The first-order valence-corrected chi connectivity index (χ1v) is 6.79. The number of benzene rings is 2. The maximum Gasteiger partial charge on any atom is 0.0409 e. The predicted octanol–water partition coefficient (Wildman–Crippen LogP) is 3.60. The number of rotatable bonds is 5. The van der Waals surface area contributed by atoms with Gasteiger partial charge < -0.3 is 10.6 Å². The standard InChI is InChI=1S/C16H19ClN2/c1-19(12-14-3-2-4-15(17)11-14)10-9-13-5-7-16(18)8-6-13/h2-8,11H,9-10,12,18H2,1H3. The summed E-state index contributed by atoms with van der Waals surface area (Å²) in [7, 11) is 2.12. The molecule has 0 radical (unpaired) electrons. The Morgan fingerprint density at radius 2 is 1.79 bits per heavy atom. The number of hydrogen-bond donors (Lipinski definition) is 1. The third kappa shape index (κ3) is 4.58. The van der Waals surface area contributed by atoms with Crippen molar-refractivity contribution in [2.75, 3.05) is 19.3 Å². The van der Waals surface area contributed by atoms with E-state index in [0.29, 0.717) is 0 Å². The van der Waals surface area contributed by atoms with Crippen LogP contribution in [0.1, 0.15) is 11.1 Å². The molecule has 19 heavy (non-hydrogen) atoms. The van der Waals surface area contributed by atoms with Crippen LogP contribution in [0.15, 0.2) is 48.5 Å². The van der Waals surface area contributed by atoms with E-state index < -0.39 is 0 Å². The SMILES string of the molecule is CN(CCc1ccc(N)cc1)Cc1cccc(Cl)c1. The summed E-state index contributed by atoms with van der Waals surface area (Å²) in [5.41, 5.74) is 9.05. The second-order valence-corrected chi connectivity index (χ2v) is 5.30. The number of nitrogen functional groups attached to an aromatic ring is 1. The van der Waals surface area contributed by atoms with Gasteiger partial charge in [0.15, 0.2) is 0 Å². The third-order valence-corrected chi connectivity index (χ3v) is 3.34. The van der Waals surface area contributed by atoms with E-state index in [2.05, 4.69) is 30.1 Å². The molecule has 0 aliphatic heterocycles. The van der Waals surface area contributed by atoms with Crippen LogP contribution in [-0.4, -0.2) is 18.5 Å². The molecule has 2 aromatic carbocycles. The van der Waals surface area contributed by atoms with Gasteiger partial charge in [0, 0.05) is 23.8 Å². The first-order chi connectivity index (χ1) is 9.13. The molecule has 0 aromatic heterocycles. The van der Waals surface area contributed by atoms with Crippen molar-refractivity contribution in [1.82, 2.24) is 4.90 Å². The highest BCUT2D eigenvalue weighted by Crippen LogP contribution is 2.12. The molecule has 2 aromatic rings. The lowest BCUT2D eigenvalue weighted by Crippen LogP contribution is -2.20. The number of nitrogens with two attached hydrogens (primary N) is 1. The van der Waals surface area contributed by atoms with Gasteiger partial charge in [-0.25, -0.2) is 0 Å². The molecule has 0 spiro atoms. The third-order valence-electron chi connectivity index (χ3n) is 3.10. The maximum atomic E-state index is 5.99. The number of anilines is 1. The van der Waals surface area contributed by atoms with Crippen molar-refractivity contribution in [3.8, 4) is 0 Å².